The summed E-state index contributed by atoms with van der Waals surface area (Å²) in [6.45, 7) is 6.08. The van der Waals surface area contributed by atoms with Gasteiger partial charge >= 0.3 is 0 Å². The minimum atomic E-state index is -0.687. The largest absolute Gasteiger partial charge is 0.493 e. The molecule has 1 unspecified atom stereocenters. The van der Waals surface area contributed by atoms with Crippen LogP contribution in [0.3, 0.4) is 0 Å². The van der Waals surface area contributed by atoms with E-state index in [2.05, 4.69) is 13.5 Å². The first-order valence-corrected chi connectivity index (χ1v) is 11.5. The van der Waals surface area contributed by atoms with Crippen molar-refractivity contribution in [2.24, 2.45) is 0 Å². The van der Waals surface area contributed by atoms with Crippen LogP contribution in [0.5, 0.6) is 11.5 Å². The summed E-state index contributed by atoms with van der Waals surface area (Å²) in [4.78, 5) is 29.0. The normalized spacial score (nSPS) is 14.7. The monoisotopic (exact) mass is 467 g/mol. The lowest BCUT2D eigenvalue weighted by Crippen LogP contribution is -2.29. The number of hydrogen-bond donors (Lipinski definition) is 0. The number of nitrogens with zero attached hydrogens (tertiary/aromatic N) is 1. The van der Waals surface area contributed by atoms with Gasteiger partial charge in [-0.15, -0.1) is 0 Å². The molecule has 0 saturated carbocycles. The molecule has 0 radical (unpaired) electrons. The molecule has 0 bridgehead atoms. The molecule has 0 N–H and O–H groups in total. The Labute approximate surface area is 203 Å². The number of methoxy groups -OCH3 is 1. The maximum Gasteiger partial charge on any atom is 0.295 e. The van der Waals surface area contributed by atoms with Crippen molar-refractivity contribution in [2.75, 3.05) is 18.6 Å². The maximum absolute atomic E-state index is 13.7. The molecule has 0 fully saturated rings. The van der Waals surface area contributed by atoms with Crippen LogP contribution in [0, 0.1) is 0 Å². The van der Waals surface area contributed by atoms with Crippen molar-refractivity contribution in [1.29, 1.82) is 0 Å². The third-order valence-corrected chi connectivity index (χ3v) is 6.26. The zero-order chi connectivity index (χ0) is 24.5. The van der Waals surface area contributed by atoms with E-state index in [-0.39, 0.29) is 17.1 Å². The number of amides is 1. The Morgan fingerprint density at radius 1 is 1.03 bits per heavy atom. The predicted molar refractivity (Wildman–Crippen MR) is 136 cm³/mol. The molecule has 1 aliphatic rings. The fourth-order valence-electron chi connectivity index (χ4n) is 4.52. The van der Waals surface area contributed by atoms with Gasteiger partial charge in [0.1, 0.15) is 12.2 Å². The zero-order valence-electron chi connectivity index (χ0n) is 19.6. The molecule has 1 amide bonds. The van der Waals surface area contributed by atoms with Gasteiger partial charge in [-0.2, -0.15) is 0 Å². The highest BCUT2D eigenvalue weighted by molar-refractivity contribution is 6.10. The van der Waals surface area contributed by atoms with E-state index < -0.39 is 6.04 Å². The number of fused-ring (bicyclic) bond motifs is 2. The van der Waals surface area contributed by atoms with Crippen LogP contribution in [0.25, 0.3) is 11.0 Å². The van der Waals surface area contributed by atoms with Gasteiger partial charge in [-0.3, -0.25) is 14.5 Å². The Hall–Kier alpha value is -4.32. The second kappa shape index (κ2) is 9.14. The van der Waals surface area contributed by atoms with Crippen LogP contribution in [0.1, 0.15) is 40.2 Å². The van der Waals surface area contributed by atoms with Gasteiger partial charge in [0, 0.05) is 5.69 Å². The van der Waals surface area contributed by atoms with E-state index in [0.717, 1.165) is 12.0 Å². The van der Waals surface area contributed by atoms with Crippen molar-refractivity contribution >= 4 is 22.6 Å². The molecule has 4 aromatic rings. The van der Waals surface area contributed by atoms with Gasteiger partial charge in [-0.05, 0) is 53.9 Å². The van der Waals surface area contributed by atoms with Crippen molar-refractivity contribution in [1.82, 2.24) is 0 Å². The second-order valence-electron chi connectivity index (χ2n) is 8.28. The zero-order valence-corrected chi connectivity index (χ0v) is 19.6. The van der Waals surface area contributed by atoms with E-state index in [0.29, 0.717) is 45.9 Å². The first-order chi connectivity index (χ1) is 17.1. The highest BCUT2D eigenvalue weighted by Crippen LogP contribution is 2.43. The predicted octanol–water partition coefficient (Wildman–Crippen LogP) is 5.68. The lowest BCUT2D eigenvalue weighted by atomic mass is 9.97. The number of para-hydroxylation sites is 1. The Balaban J connectivity index is 1.73. The summed E-state index contributed by atoms with van der Waals surface area (Å²) < 4.78 is 17.3. The number of rotatable bonds is 7. The average molecular weight is 468 g/mol. The molecule has 1 aromatic heterocycles. The maximum atomic E-state index is 13.7. The average Bonchev–Trinajstić information content (AvgIpc) is 3.19. The van der Waals surface area contributed by atoms with E-state index >= 15 is 0 Å². The molecule has 1 atom stereocenters. The fourth-order valence-corrected chi connectivity index (χ4v) is 4.52. The molecular weight excluding hydrogens is 442 g/mol. The van der Waals surface area contributed by atoms with Gasteiger partial charge in [-0.25, -0.2) is 0 Å². The molecular formula is C29H25NO5. The van der Waals surface area contributed by atoms with Crippen LogP contribution in [-0.4, -0.2) is 19.6 Å². The number of benzene rings is 3. The summed E-state index contributed by atoms with van der Waals surface area (Å²) in [7, 11) is 1.55. The summed E-state index contributed by atoms with van der Waals surface area (Å²) in [5.41, 5.74) is 3.02. The van der Waals surface area contributed by atoms with Crippen molar-refractivity contribution in [2.45, 2.75) is 19.4 Å². The van der Waals surface area contributed by atoms with Crippen molar-refractivity contribution in [3.63, 3.8) is 0 Å². The van der Waals surface area contributed by atoms with Crippen molar-refractivity contribution in [3.05, 3.63) is 112 Å². The number of ether oxygens (including phenoxy) is 2. The van der Waals surface area contributed by atoms with E-state index in [4.69, 9.17) is 13.9 Å². The molecule has 5 rings (SSSR count). The highest BCUT2D eigenvalue weighted by atomic mass is 16.5. The van der Waals surface area contributed by atoms with Gasteiger partial charge in [-0.1, -0.05) is 49.9 Å². The van der Waals surface area contributed by atoms with Crippen LogP contribution in [0.15, 0.2) is 88.6 Å². The van der Waals surface area contributed by atoms with Crippen molar-refractivity contribution in [3.8, 4) is 11.5 Å². The SMILES string of the molecule is C=CCOc1ccc(C2c3c(oc4ccccc4c3=O)C(=O)N2c2ccc(CC)cc2)cc1OC. The van der Waals surface area contributed by atoms with Crippen LogP contribution in [0.4, 0.5) is 5.69 Å². The van der Waals surface area contributed by atoms with Gasteiger partial charge in [0.15, 0.2) is 16.9 Å². The van der Waals surface area contributed by atoms with Crippen LogP contribution in [0.2, 0.25) is 0 Å². The Bertz CT molecular complexity index is 1490. The smallest absolute Gasteiger partial charge is 0.295 e. The molecule has 2 heterocycles. The molecule has 0 aliphatic carbocycles. The van der Waals surface area contributed by atoms with E-state index in [1.165, 1.54) is 0 Å². The molecule has 6 nitrogen and oxygen atoms in total. The Kier molecular flexibility index (Phi) is 5.87. The number of hydrogen-bond acceptors (Lipinski definition) is 5. The van der Waals surface area contributed by atoms with E-state index in [1.807, 2.05) is 30.3 Å². The van der Waals surface area contributed by atoms with Crippen LogP contribution in [-0.2, 0) is 6.42 Å². The fraction of sp³-hybridized carbons (Fsp3) is 0.172. The minimum Gasteiger partial charge on any atom is -0.493 e. The molecule has 6 heteroatoms. The summed E-state index contributed by atoms with van der Waals surface area (Å²) in [6.07, 6.45) is 2.53. The summed E-state index contributed by atoms with van der Waals surface area (Å²) >= 11 is 0. The molecule has 176 valence electrons. The first-order valence-electron chi connectivity index (χ1n) is 11.5. The molecule has 1 aliphatic heterocycles. The first kappa shape index (κ1) is 22.5. The standard InChI is InChI=1S/C29H25NO5/c1-4-16-34-23-15-12-19(17-24(23)33-3)26-25-27(31)21-8-6-7-9-22(21)35-28(25)29(32)30(26)20-13-10-18(5-2)11-14-20/h4,6-15,17,26H,1,5,16H2,2-3H3. The van der Waals surface area contributed by atoms with Crippen molar-refractivity contribution < 1.29 is 18.7 Å². The van der Waals surface area contributed by atoms with E-state index in [1.54, 1.807) is 54.5 Å². The molecule has 3 aromatic carbocycles. The third-order valence-electron chi connectivity index (χ3n) is 6.26. The number of aryl methyl sites for hydroxylation is 1. The summed E-state index contributed by atoms with van der Waals surface area (Å²) in [5.74, 6) is 0.745. The van der Waals surface area contributed by atoms with Gasteiger partial charge in [0.05, 0.1) is 24.1 Å². The second-order valence-corrected chi connectivity index (χ2v) is 8.28. The van der Waals surface area contributed by atoms with Crippen LogP contribution < -0.4 is 19.8 Å². The number of anilines is 1. The minimum absolute atomic E-state index is 0.0595. The molecule has 0 spiro atoms. The number of carbonyl (C=O) groups excluding carboxylic acids is 1. The lowest BCUT2D eigenvalue weighted by Gasteiger charge is -2.26. The van der Waals surface area contributed by atoms with E-state index in [9.17, 15) is 9.59 Å². The lowest BCUT2D eigenvalue weighted by molar-refractivity contribution is 0.0971. The summed E-state index contributed by atoms with van der Waals surface area (Å²) in [5, 5.41) is 0.435. The van der Waals surface area contributed by atoms with Gasteiger partial charge in [0.25, 0.3) is 5.91 Å². The third kappa shape index (κ3) is 3.77. The van der Waals surface area contributed by atoms with Gasteiger partial charge < -0.3 is 13.9 Å². The van der Waals surface area contributed by atoms with Gasteiger partial charge in [0.2, 0.25) is 5.76 Å². The Morgan fingerprint density at radius 3 is 2.51 bits per heavy atom. The molecule has 35 heavy (non-hydrogen) atoms. The van der Waals surface area contributed by atoms with Crippen LogP contribution >= 0.6 is 0 Å². The number of carbonyl (C=O) groups is 1. The molecule has 0 saturated heterocycles. The quantitative estimate of drug-likeness (QED) is 0.327. The summed E-state index contributed by atoms with van der Waals surface area (Å²) in [6, 6.07) is 19.5. The Morgan fingerprint density at radius 2 is 1.80 bits per heavy atom. The topological polar surface area (TPSA) is 69.0 Å². The highest BCUT2D eigenvalue weighted by Gasteiger charge is 2.43.